The average Bonchev–Trinajstić information content (AvgIpc) is 3.12. The first-order valence-corrected chi connectivity index (χ1v) is 11.6. The van der Waals surface area contributed by atoms with Crippen molar-refractivity contribution in [3.05, 3.63) is 89.0 Å². The van der Waals surface area contributed by atoms with Crippen molar-refractivity contribution in [3.63, 3.8) is 0 Å². The third-order valence-electron chi connectivity index (χ3n) is 5.33. The number of carbonyl (C=O) groups is 1. The maximum atomic E-state index is 13.6. The smallest absolute Gasteiger partial charge is 0.338 e. The highest BCUT2D eigenvalue weighted by Gasteiger charge is 2.32. The number of ether oxygens (including phenoxy) is 3. The van der Waals surface area contributed by atoms with E-state index in [2.05, 4.69) is 20.9 Å². The second kappa shape index (κ2) is 9.36. The molecule has 0 unspecified atom stereocenters. The number of halogens is 1. The van der Waals surface area contributed by atoms with Crippen LogP contribution in [0, 0.1) is 0 Å². The Hall–Kier alpha value is -3.17. The van der Waals surface area contributed by atoms with Crippen LogP contribution in [0.3, 0.4) is 0 Å². The summed E-state index contributed by atoms with van der Waals surface area (Å²) in [5, 5.41) is 0. The molecule has 9 heteroatoms. The lowest BCUT2D eigenvalue weighted by Gasteiger charge is -2.24. The normalized spacial score (nSPS) is 15.7. The Morgan fingerprint density at radius 2 is 1.82 bits per heavy atom. The van der Waals surface area contributed by atoms with Crippen molar-refractivity contribution in [2.45, 2.75) is 13.0 Å². The van der Waals surface area contributed by atoms with Crippen molar-refractivity contribution in [1.82, 2.24) is 4.57 Å². The fourth-order valence-corrected chi connectivity index (χ4v) is 5.34. The highest BCUT2D eigenvalue weighted by atomic mass is 79.9. The Kier molecular flexibility index (Phi) is 6.53. The van der Waals surface area contributed by atoms with Gasteiger partial charge in [0.05, 0.1) is 47.6 Å². The molecule has 1 atom stereocenters. The fourth-order valence-electron chi connectivity index (χ4n) is 3.78. The van der Waals surface area contributed by atoms with Crippen LogP contribution in [0.1, 0.15) is 24.1 Å². The van der Waals surface area contributed by atoms with E-state index in [0.717, 1.165) is 10.0 Å². The number of methoxy groups -OCH3 is 3. The third kappa shape index (κ3) is 4.14. The van der Waals surface area contributed by atoms with Gasteiger partial charge in [0.2, 0.25) is 0 Å². The first kappa shape index (κ1) is 23.0. The molecule has 0 spiro atoms. The van der Waals surface area contributed by atoms with Crippen molar-refractivity contribution in [2.24, 2.45) is 4.99 Å². The summed E-state index contributed by atoms with van der Waals surface area (Å²) in [5.41, 5.74) is 2.11. The second-order valence-corrected chi connectivity index (χ2v) is 9.08. The molecule has 0 N–H and O–H groups in total. The summed E-state index contributed by atoms with van der Waals surface area (Å²) in [6.07, 6.45) is 1.76. The number of fused-ring (bicyclic) bond motifs is 1. The Labute approximate surface area is 202 Å². The summed E-state index contributed by atoms with van der Waals surface area (Å²) in [4.78, 5) is 31.3. The van der Waals surface area contributed by atoms with Gasteiger partial charge in [-0.2, -0.15) is 0 Å². The van der Waals surface area contributed by atoms with Crippen molar-refractivity contribution in [3.8, 4) is 11.5 Å². The fraction of sp³-hybridized carbons (Fsp3) is 0.208. The van der Waals surface area contributed by atoms with E-state index >= 15 is 0 Å². The lowest BCUT2D eigenvalue weighted by molar-refractivity contribution is -0.136. The maximum absolute atomic E-state index is 13.6. The summed E-state index contributed by atoms with van der Waals surface area (Å²) < 4.78 is 18.6. The van der Waals surface area contributed by atoms with Gasteiger partial charge in [-0.05, 0) is 40.6 Å². The molecule has 0 amide bonds. The number of benzene rings is 2. The van der Waals surface area contributed by atoms with Crippen molar-refractivity contribution in [2.75, 3.05) is 21.3 Å². The number of thiazole rings is 1. The number of nitrogens with zero attached hydrogens (tertiary/aromatic N) is 2. The van der Waals surface area contributed by atoms with E-state index in [1.54, 1.807) is 37.9 Å². The summed E-state index contributed by atoms with van der Waals surface area (Å²) >= 11 is 4.74. The van der Waals surface area contributed by atoms with E-state index < -0.39 is 12.0 Å². The molecule has 1 aliphatic heterocycles. The number of rotatable bonds is 5. The van der Waals surface area contributed by atoms with E-state index in [-0.39, 0.29) is 5.56 Å². The van der Waals surface area contributed by atoms with Gasteiger partial charge in [-0.3, -0.25) is 9.36 Å². The quantitative estimate of drug-likeness (QED) is 0.475. The minimum atomic E-state index is -0.637. The van der Waals surface area contributed by atoms with Crippen LogP contribution in [-0.4, -0.2) is 31.9 Å². The number of allylic oxidation sites excluding steroid dienone is 1. The molecule has 0 bridgehead atoms. The van der Waals surface area contributed by atoms with Gasteiger partial charge in [0.1, 0.15) is 11.5 Å². The minimum absolute atomic E-state index is 0.254. The zero-order valence-corrected chi connectivity index (χ0v) is 20.8. The summed E-state index contributed by atoms with van der Waals surface area (Å²) in [6, 6.07) is 12.3. The molecule has 0 aliphatic carbocycles. The monoisotopic (exact) mass is 528 g/mol. The van der Waals surface area contributed by atoms with Crippen LogP contribution < -0.4 is 24.4 Å². The Morgan fingerprint density at radius 3 is 2.45 bits per heavy atom. The SMILES string of the molecule is COC(=O)C1=C(C)N=c2s/c(=C\c3cc(Br)c(OC)cc3OC)c(=O)n2[C@H]1c1ccccc1. The molecule has 2 heterocycles. The van der Waals surface area contributed by atoms with Crippen LogP contribution in [0.4, 0.5) is 0 Å². The van der Waals surface area contributed by atoms with Crippen molar-refractivity contribution >= 4 is 39.3 Å². The molecule has 170 valence electrons. The molecule has 0 saturated heterocycles. The van der Waals surface area contributed by atoms with Crippen LogP contribution in [0.25, 0.3) is 6.08 Å². The van der Waals surface area contributed by atoms with E-state index in [4.69, 9.17) is 14.2 Å². The number of hydrogen-bond donors (Lipinski definition) is 0. The molecule has 3 aromatic rings. The molecular formula is C24H21BrN2O5S. The molecule has 1 aromatic heterocycles. The second-order valence-electron chi connectivity index (χ2n) is 7.21. The first-order valence-electron chi connectivity index (χ1n) is 9.97. The number of aromatic nitrogens is 1. The Balaban J connectivity index is 1.97. The molecule has 1 aliphatic rings. The third-order valence-corrected chi connectivity index (χ3v) is 6.94. The van der Waals surface area contributed by atoms with E-state index in [0.29, 0.717) is 37.7 Å². The Morgan fingerprint density at radius 1 is 1.12 bits per heavy atom. The average molecular weight is 529 g/mol. The Bertz CT molecular complexity index is 1440. The minimum Gasteiger partial charge on any atom is -0.496 e. The number of esters is 1. The predicted octanol–water partition coefficient (Wildman–Crippen LogP) is 3.19. The van der Waals surface area contributed by atoms with Gasteiger partial charge in [0, 0.05) is 11.6 Å². The van der Waals surface area contributed by atoms with Crippen LogP contribution >= 0.6 is 27.3 Å². The first-order chi connectivity index (χ1) is 15.9. The van der Waals surface area contributed by atoms with Crippen LogP contribution in [0.2, 0.25) is 0 Å². The molecule has 0 fully saturated rings. The van der Waals surface area contributed by atoms with Crippen molar-refractivity contribution in [1.29, 1.82) is 0 Å². The highest BCUT2D eigenvalue weighted by Crippen LogP contribution is 2.33. The standard InChI is InChI=1S/C24H21BrN2O5S/c1-13-20(23(29)32-4)21(14-8-6-5-7-9-14)27-22(28)19(33-24(27)26-13)11-15-10-16(25)18(31-3)12-17(15)30-2/h5-12,21H,1-4H3/b19-11-/t21-/m0/s1. The predicted molar refractivity (Wildman–Crippen MR) is 129 cm³/mol. The van der Waals surface area contributed by atoms with Crippen molar-refractivity contribution < 1.29 is 19.0 Å². The van der Waals surface area contributed by atoms with E-state index in [1.807, 2.05) is 36.4 Å². The topological polar surface area (TPSA) is 79.1 Å². The van der Waals surface area contributed by atoms with Gasteiger partial charge in [-0.25, -0.2) is 9.79 Å². The zero-order chi connectivity index (χ0) is 23.7. The maximum Gasteiger partial charge on any atom is 0.338 e. The van der Waals surface area contributed by atoms with Gasteiger partial charge >= 0.3 is 5.97 Å². The number of hydrogen-bond acceptors (Lipinski definition) is 7. The van der Waals surface area contributed by atoms with E-state index in [9.17, 15) is 9.59 Å². The zero-order valence-electron chi connectivity index (χ0n) is 18.4. The lowest BCUT2D eigenvalue weighted by Crippen LogP contribution is -2.39. The molecule has 7 nitrogen and oxygen atoms in total. The molecular weight excluding hydrogens is 508 g/mol. The number of carbonyl (C=O) groups excluding carboxylic acids is 1. The van der Waals surface area contributed by atoms with E-state index in [1.165, 1.54) is 18.4 Å². The van der Waals surface area contributed by atoms with Crippen LogP contribution in [0.5, 0.6) is 11.5 Å². The molecule has 4 rings (SSSR count). The largest absolute Gasteiger partial charge is 0.496 e. The summed E-state index contributed by atoms with van der Waals surface area (Å²) in [6.45, 7) is 1.75. The summed E-state index contributed by atoms with van der Waals surface area (Å²) in [7, 11) is 4.45. The van der Waals surface area contributed by atoms with Gasteiger partial charge < -0.3 is 14.2 Å². The molecule has 33 heavy (non-hydrogen) atoms. The van der Waals surface area contributed by atoms with Gasteiger partial charge in [-0.15, -0.1) is 0 Å². The molecule has 2 aromatic carbocycles. The van der Waals surface area contributed by atoms with Gasteiger partial charge in [0.25, 0.3) is 5.56 Å². The molecule has 0 radical (unpaired) electrons. The lowest BCUT2D eigenvalue weighted by atomic mass is 9.96. The molecule has 0 saturated carbocycles. The van der Waals surface area contributed by atoms with Crippen LogP contribution in [-0.2, 0) is 9.53 Å². The van der Waals surface area contributed by atoms with Gasteiger partial charge in [0.15, 0.2) is 4.80 Å². The van der Waals surface area contributed by atoms with Gasteiger partial charge in [-0.1, -0.05) is 41.7 Å². The van der Waals surface area contributed by atoms with Crippen LogP contribution in [0.15, 0.2) is 68.0 Å². The highest BCUT2D eigenvalue weighted by molar-refractivity contribution is 9.10. The summed E-state index contributed by atoms with van der Waals surface area (Å²) in [5.74, 6) is 0.667.